The molecule has 0 spiro atoms. The zero-order chi connectivity index (χ0) is 41.1. The van der Waals surface area contributed by atoms with E-state index in [0.29, 0.717) is 42.9 Å². The van der Waals surface area contributed by atoms with Gasteiger partial charge in [0.2, 0.25) is 0 Å². The van der Waals surface area contributed by atoms with E-state index in [4.69, 9.17) is 30.8 Å². The van der Waals surface area contributed by atoms with Gasteiger partial charge in [-0.25, -0.2) is 23.4 Å². The van der Waals surface area contributed by atoms with Crippen LogP contribution in [0.1, 0.15) is 94.4 Å². The molecule has 0 aliphatic carbocycles. The molecule has 57 heavy (non-hydrogen) atoms. The van der Waals surface area contributed by atoms with Crippen LogP contribution in [0.3, 0.4) is 0 Å². The molecule has 2 aromatic heterocycles. The summed E-state index contributed by atoms with van der Waals surface area (Å²) in [5.41, 5.74) is -1.13. The topological polar surface area (TPSA) is 122 Å². The van der Waals surface area contributed by atoms with E-state index in [0.717, 1.165) is 37.0 Å². The molecule has 7 rings (SSSR count). The summed E-state index contributed by atoms with van der Waals surface area (Å²) in [7, 11) is 0. The SMILES string of the molecule is CC(CN1C(C)CCCC1C)Oc1nc(N2CC3CCC(C2)N3C(=O)OC(C)(C)C)c2cc(Cl)c(-c3ccc(F)c4sc(NC(=O)OC(C)(C)C)nc34)c(F)c2n1. The first-order chi connectivity index (χ1) is 26.8. The summed E-state index contributed by atoms with van der Waals surface area (Å²) in [5.74, 6) is -0.904. The Morgan fingerprint density at radius 2 is 1.60 bits per heavy atom. The number of carbonyl (C=O) groups is 2. The Balaban J connectivity index is 1.29. The minimum Gasteiger partial charge on any atom is -0.459 e. The van der Waals surface area contributed by atoms with Crippen molar-refractivity contribution in [3.8, 4) is 17.1 Å². The van der Waals surface area contributed by atoms with Gasteiger partial charge in [0.1, 0.15) is 34.5 Å². The quantitative estimate of drug-likeness (QED) is 0.193. The molecule has 2 bridgehead atoms. The highest BCUT2D eigenvalue weighted by molar-refractivity contribution is 7.22. The molecule has 3 saturated heterocycles. The molecule has 5 heterocycles. The van der Waals surface area contributed by atoms with Crippen LogP contribution in [0.2, 0.25) is 5.02 Å². The van der Waals surface area contributed by atoms with Gasteiger partial charge in [0.05, 0.1) is 27.3 Å². The third-order valence-electron chi connectivity index (χ3n) is 10.8. The number of benzene rings is 2. The Kier molecular flexibility index (Phi) is 11.2. The number of fused-ring (bicyclic) bond motifs is 4. The molecule has 0 radical (unpaired) electrons. The Bertz CT molecular complexity index is 2170. The largest absolute Gasteiger partial charge is 0.459 e. The average Bonchev–Trinajstić information content (AvgIpc) is 3.64. The lowest BCUT2D eigenvalue weighted by atomic mass is 9.97. The lowest BCUT2D eigenvalue weighted by Gasteiger charge is -2.42. The molecule has 308 valence electrons. The number of nitrogens with one attached hydrogen (secondary N) is 1. The maximum atomic E-state index is 17.3. The normalized spacial score (nSPS) is 22.2. The van der Waals surface area contributed by atoms with Crippen LogP contribution in [-0.2, 0) is 9.47 Å². The van der Waals surface area contributed by atoms with E-state index in [2.05, 4.69) is 38.9 Å². The molecule has 4 aromatic rings. The highest BCUT2D eigenvalue weighted by Crippen LogP contribution is 2.44. The third kappa shape index (κ3) is 8.70. The van der Waals surface area contributed by atoms with Crippen LogP contribution >= 0.6 is 22.9 Å². The number of anilines is 2. The molecule has 5 atom stereocenters. The number of piperidine rings is 1. The number of likely N-dealkylation sites (tertiary alicyclic amines) is 1. The molecular weight excluding hydrogens is 776 g/mol. The van der Waals surface area contributed by atoms with Crippen LogP contribution in [-0.4, -0.2) is 98.0 Å². The van der Waals surface area contributed by atoms with Gasteiger partial charge in [0, 0.05) is 48.2 Å². The Labute approximate surface area is 341 Å². The van der Waals surface area contributed by atoms with Crippen molar-refractivity contribution >= 4 is 67.2 Å². The van der Waals surface area contributed by atoms with E-state index in [9.17, 15) is 9.59 Å². The van der Waals surface area contributed by atoms with Gasteiger partial charge in [-0.2, -0.15) is 9.97 Å². The van der Waals surface area contributed by atoms with Gasteiger partial charge in [-0.15, -0.1) is 0 Å². The van der Waals surface area contributed by atoms with Gasteiger partial charge in [-0.05, 0) is 106 Å². The number of amides is 2. The fourth-order valence-electron chi connectivity index (χ4n) is 8.36. The molecule has 3 aliphatic rings. The Morgan fingerprint density at radius 3 is 2.23 bits per heavy atom. The summed E-state index contributed by atoms with van der Waals surface area (Å²) in [6.45, 7) is 18.7. The maximum absolute atomic E-state index is 17.3. The number of carbonyl (C=O) groups excluding carboxylic acids is 2. The summed E-state index contributed by atoms with van der Waals surface area (Å²) in [6, 6.07) is 4.77. The van der Waals surface area contributed by atoms with Gasteiger partial charge < -0.3 is 19.1 Å². The molecular formula is C41H52ClF2N7O5S. The van der Waals surface area contributed by atoms with E-state index in [1.54, 1.807) is 26.8 Å². The minimum atomic E-state index is -0.768. The van der Waals surface area contributed by atoms with Crippen molar-refractivity contribution in [2.75, 3.05) is 29.9 Å². The number of thiazole rings is 1. The van der Waals surface area contributed by atoms with E-state index < -0.39 is 28.9 Å². The second-order valence-corrected chi connectivity index (χ2v) is 19.0. The Morgan fingerprint density at radius 1 is 0.947 bits per heavy atom. The molecule has 3 aliphatic heterocycles. The van der Waals surface area contributed by atoms with Crippen molar-refractivity contribution < 1.29 is 32.6 Å². The highest BCUT2D eigenvalue weighted by Gasteiger charge is 2.45. The molecule has 2 aromatic carbocycles. The number of ether oxygens (including phenoxy) is 3. The number of halogens is 3. The zero-order valence-corrected chi connectivity index (χ0v) is 35.6. The molecule has 16 heteroatoms. The molecule has 0 saturated carbocycles. The summed E-state index contributed by atoms with van der Waals surface area (Å²) >= 11 is 7.89. The molecule has 5 unspecified atom stereocenters. The predicted molar refractivity (Wildman–Crippen MR) is 220 cm³/mol. The number of hydrogen-bond donors (Lipinski definition) is 1. The van der Waals surface area contributed by atoms with Gasteiger partial charge in [-0.1, -0.05) is 29.4 Å². The number of aromatic nitrogens is 3. The standard InChI is InChI=1S/C41H52ClF2N7O5S/c1-21-11-10-12-22(2)50(21)18-23(3)54-36-45-32-27(35(47-36)49-19-24-13-14-25(20-49)51(24)39(53)56-41(7,8)9)17-28(42)30(31(32)44)26-15-16-29(43)34-33(26)46-37(57-34)48-38(52)55-40(4,5)6/h15-17,21-25H,10-14,18-20H2,1-9H3,(H,46,48,52). The highest BCUT2D eigenvalue weighted by atomic mass is 35.5. The zero-order valence-electron chi connectivity index (χ0n) is 34.0. The van der Waals surface area contributed by atoms with Crippen LogP contribution in [0.4, 0.5) is 29.3 Å². The van der Waals surface area contributed by atoms with Crippen molar-refractivity contribution in [3.63, 3.8) is 0 Å². The minimum absolute atomic E-state index is 0.0122. The van der Waals surface area contributed by atoms with Crippen molar-refractivity contribution in [3.05, 3.63) is 34.9 Å². The van der Waals surface area contributed by atoms with E-state index in [1.165, 1.54) is 18.6 Å². The Hall–Kier alpha value is -4.08. The van der Waals surface area contributed by atoms with Crippen molar-refractivity contribution in [1.82, 2.24) is 24.8 Å². The number of piperazine rings is 1. The summed E-state index contributed by atoms with van der Waals surface area (Å²) in [6.07, 6.45) is 3.54. The predicted octanol–water partition coefficient (Wildman–Crippen LogP) is 9.80. The van der Waals surface area contributed by atoms with Gasteiger partial charge in [0.25, 0.3) is 0 Å². The monoisotopic (exact) mass is 827 g/mol. The second kappa shape index (κ2) is 15.6. The first kappa shape index (κ1) is 41.1. The third-order valence-corrected chi connectivity index (χ3v) is 12.0. The van der Waals surface area contributed by atoms with Crippen LogP contribution in [0, 0.1) is 11.6 Å². The lowest BCUT2D eigenvalue weighted by Crippen LogP contribution is -2.57. The van der Waals surface area contributed by atoms with Crippen molar-refractivity contribution in [2.24, 2.45) is 0 Å². The van der Waals surface area contributed by atoms with E-state index in [1.807, 2.05) is 32.6 Å². The van der Waals surface area contributed by atoms with Crippen LogP contribution in [0.25, 0.3) is 32.2 Å². The lowest BCUT2D eigenvalue weighted by molar-refractivity contribution is 0.0122. The van der Waals surface area contributed by atoms with Crippen LogP contribution in [0.5, 0.6) is 6.01 Å². The van der Waals surface area contributed by atoms with E-state index in [-0.39, 0.29) is 67.3 Å². The summed E-state index contributed by atoms with van der Waals surface area (Å²) in [4.78, 5) is 46.3. The van der Waals surface area contributed by atoms with E-state index >= 15 is 8.78 Å². The molecule has 2 amide bonds. The van der Waals surface area contributed by atoms with Gasteiger partial charge in [-0.3, -0.25) is 15.1 Å². The fraction of sp³-hybridized carbons (Fsp3) is 0.585. The van der Waals surface area contributed by atoms with Gasteiger partial charge in [0.15, 0.2) is 10.9 Å². The molecule has 1 N–H and O–H groups in total. The first-order valence-corrected chi connectivity index (χ1v) is 20.9. The maximum Gasteiger partial charge on any atom is 0.413 e. The first-order valence-electron chi connectivity index (χ1n) is 19.7. The molecule has 3 fully saturated rings. The fourth-order valence-corrected chi connectivity index (χ4v) is 9.54. The number of rotatable bonds is 7. The van der Waals surface area contributed by atoms with Crippen LogP contribution in [0.15, 0.2) is 18.2 Å². The van der Waals surface area contributed by atoms with Crippen molar-refractivity contribution in [2.45, 2.75) is 136 Å². The smallest absolute Gasteiger partial charge is 0.413 e. The summed E-state index contributed by atoms with van der Waals surface area (Å²) in [5, 5.41) is 3.05. The number of nitrogens with zero attached hydrogens (tertiary/aromatic N) is 6. The average molecular weight is 828 g/mol. The van der Waals surface area contributed by atoms with Crippen LogP contribution < -0.4 is 15.0 Å². The second-order valence-electron chi connectivity index (χ2n) is 17.6. The summed E-state index contributed by atoms with van der Waals surface area (Å²) < 4.78 is 50.3. The number of hydrogen-bond acceptors (Lipinski definition) is 11. The van der Waals surface area contributed by atoms with Gasteiger partial charge >= 0.3 is 18.2 Å². The molecule has 12 nitrogen and oxygen atoms in total. The van der Waals surface area contributed by atoms with Crippen molar-refractivity contribution in [1.29, 1.82) is 0 Å².